The average molecular weight is 339 g/mol. The standard InChI is InChI=1S/C20H19ClN2O/c21-14-9-10-15-17(11-14)23-16-7-4-8-18(24)19(16)20(15)22-12-13-5-2-1-3-6-13/h1-3,5-6,9-11,18,24H,4,7-8,12H2,(H,22,23). The maximum atomic E-state index is 10.5. The molecular weight excluding hydrogens is 320 g/mol. The normalized spacial score (nSPS) is 16.8. The molecule has 2 N–H and O–H groups in total. The van der Waals surface area contributed by atoms with Gasteiger partial charge < -0.3 is 10.4 Å². The van der Waals surface area contributed by atoms with E-state index in [0.29, 0.717) is 11.6 Å². The fourth-order valence-electron chi connectivity index (χ4n) is 3.44. The summed E-state index contributed by atoms with van der Waals surface area (Å²) in [6.07, 6.45) is 2.19. The smallest absolute Gasteiger partial charge is 0.0828 e. The van der Waals surface area contributed by atoms with Gasteiger partial charge in [-0.25, -0.2) is 0 Å². The first-order valence-corrected chi connectivity index (χ1v) is 8.68. The zero-order valence-corrected chi connectivity index (χ0v) is 14.1. The van der Waals surface area contributed by atoms with Gasteiger partial charge in [-0.15, -0.1) is 0 Å². The summed E-state index contributed by atoms with van der Waals surface area (Å²) in [6, 6.07) is 16.0. The molecule has 0 saturated heterocycles. The Morgan fingerprint density at radius 1 is 1.17 bits per heavy atom. The molecule has 1 aliphatic carbocycles. The Kier molecular flexibility index (Phi) is 4.13. The molecule has 0 saturated carbocycles. The van der Waals surface area contributed by atoms with E-state index in [1.807, 2.05) is 36.4 Å². The van der Waals surface area contributed by atoms with E-state index < -0.39 is 6.10 Å². The maximum absolute atomic E-state index is 10.5. The lowest BCUT2D eigenvalue weighted by molar-refractivity contribution is 0.156. The Morgan fingerprint density at radius 3 is 2.83 bits per heavy atom. The second-order valence-corrected chi connectivity index (χ2v) is 6.69. The second-order valence-electron chi connectivity index (χ2n) is 6.26. The zero-order chi connectivity index (χ0) is 16.5. The molecule has 3 nitrogen and oxygen atoms in total. The second kappa shape index (κ2) is 6.42. The number of nitrogens with zero attached hydrogens (tertiary/aromatic N) is 1. The number of pyridine rings is 1. The molecule has 0 aliphatic heterocycles. The number of fused-ring (bicyclic) bond motifs is 2. The van der Waals surface area contributed by atoms with Crippen molar-refractivity contribution in [3.63, 3.8) is 0 Å². The van der Waals surface area contributed by atoms with Crippen LogP contribution < -0.4 is 5.32 Å². The number of aromatic nitrogens is 1. The largest absolute Gasteiger partial charge is 0.388 e. The van der Waals surface area contributed by atoms with E-state index in [2.05, 4.69) is 17.4 Å². The van der Waals surface area contributed by atoms with Crippen LogP contribution in [0.25, 0.3) is 10.9 Å². The Morgan fingerprint density at radius 2 is 2.00 bits per heavy atom. The van der Waals surface area contributed by atoms with Crippen LogP contribution in [0.1, 0.15) is 35.8 Å². The van der Waals surface area contributed by atoms with Crippen molar-refractivity contribution < 1.29 is 5.11 Å². The van der Waals surface area contributed by atoms with Gasteiger partial charge in [0.2, 0.25) is 0 Å². The first-order valence-electron chi connectivity index (χ1n) is 8.30. The van der Waals surface area contributed by atoms with E-state index >= 15 is 0 Å². The van der Waals surface area contributed by atoms with E-state index in [1.54, 1.807) is 0 Å². The van der Waals surface area contributed by atoms with Crippen LogP contribution in [-0.2, 0) is 13.0 Å². The predicted molar refractivity (Wildman–Crippen MR) is 98.4 cm³/mol. The Labute approximate surface area is 146 Å². The van der Waals surface area contributed by atoms with Gasteiger partial charge >= 0.3 is 0 Å². The molecule has 0 spiro atoms. The Balaban J connectivity index is 1.82. The van der Waals surface area contributed by atoms with Crippen LogP contribution in [-0.4, -0.2) is 10.1 Å². The van der Waals surface area contributed by atoms with Crippen LogP contribution >= 0.6 is 11.6 Å². The number of rotatable bonds is 3. The van der Waals surface area contributed by atoms with Crippen molar-refractivity contribution in [2.24, 2.45) is 0 Å². The third kappa shape index (κ3) is 2.85. The zero-order valence-electron chi connectivity index (χ0n) is 13.3. The number of benzene rings is 2. The molecule has 4 heteroatoms. The summed E-state index contributed by atoms with van der Waals surface area (Å²) in [7, 11) is 0. The number of anilines is 1. The van der Waals surface area contributed by atoms with Crippen molar-refractivity contribution in [3.8, 4) is 0 Å². The third-order valence-corrected chi connectivity index (χ3v) is 4.84. The van der Waals surface area contributed by atoms with Gasteiger partial charge in [-0.05, 0) is 43.0 Å². The van der Waals surface area contributed by atoms with Gasteiger partial charge in [0.15, 0.2) is 0 Å². The van der Waals surface area contributed by atoms with Gasteiger partial charge in [0, 0.05) is 28.2 Å². The average Bonchev–Trinajstić information content (AvgIpc) is 2.59. The van der Waals surface area contributed by atoms with Crippen molar-refractivity contribution in [1.29, 1.82) is 0 Å². The number of aryl methyl sites for hydroxylation is 1. The topological polar surface area (TPSA) is 45.2 Å². The number of nitrogens with one attached hydrogen (secondary N) is 1. The molecule has 122 valence electrons. The summed E-state index contributed by atoms with van der Waals surface area (Å²) in [5.74, 6) is 0. The van der Waals surface area contributed by atoms with Crippen molar-refractivity contribution in [3.05, 3.63) is 70.4 Å². The highest BCUT2D eigenvalue weighted by atomic mass is 35.5. The molecule has 2 aromatic carbocycles. The summed E-state index contributed by atoms with van der Waals surface area (Å²) in [5, 5.41) is 15.8. The van der Waals surface area contributed by atoms with Crippen molar-refractivity contribution in [1.82, 2.24) is 4.98 Å². The van der Waals surface area contributed by atoms with Gasteiger partial charge in [0.1, 0.15) is 0 Å². The molecule has 1 aliphatic rings. The van der Waals surface area contributed by atoms with E-state index in [0.717, 1.165) is 47.1 Å². The first kappa shape index (κ1) is 15.4. The quantitative estimate of drug-likeness (QED) is 0.716. The summed E-state index contributed by atoms with van der Waals surface area (Å²) in [5.41, 5.74) is 5.01. The highest BCUT2D eigenvalue weighted by Crippen LogP contribution is 2.39. The number of aliphatic hydroxyl groups excluding tert-OH is 1. The lowest BCUT2D eigenvalue weighted by Gasteiger charge is -2.25. The van der Waals surface area contributed by atoms with E-state index in [4.69, 9.17) is 16.6 Å². The van der Waals surface area contributed by atoms with E-state index in [1.165, 1.54) is 5.56 Å². The van der Waals surface area contributed by atoms with Gasteiger partial charge in [0.25, 0.3) is 0 Å². The number of hydrogen-bond acceptors (Lipinski definition) is 3. The van der Waals surface area contributed by atoms with Gasteiger partial charge in [-0.1, -0.05) is 41.9 Å². The lowest BCUT2D eigenvalue weighted by atomic mass is 9.90. The predicted octanol–water partition coefficient (Wildman–Crippen LogP) is 4.87. The number of halogens is 1. The van der Waals surface area contributed by atoms with Crippen LogP contribution in [0, 0.1) is 0 Å². The van der Waals surface area contributed by atoms with Crippen LogP contribution in [0.3, 0.4) is 0 Å². The van der Waals surface area contributed by atoms with E-state index in [9.17, 15) is 5.11 Å². The Bertz CT molecular complexity index is 880. The van der Waals surface area contributed by atoms with Crippen LogP contribution in [0.15, 0.2) is 48.5 Å². The summed E-state index contributed by atoms with van der Waals surface area (Å²) < 4.78 is 0. The molecule has 24 heavy (non-hydrogen) atoms. The molecule has 4 rings (SSSR count). The van der Waals surface area contributed by atoms with Crippen molar-refractivity contribution in [2.45, 2.75) is 31.9 Å². The highest BCUT2D eigenvalue weighted by molar-refractivity contribution is 6.31. The summed E-state index contributed by atoms with van der Waals surface area (Å²) in [6.45, 7) is 0.710. The highest BCUT2D eigenvalue weighted by Gasteiger charge is 2.24. The molecule has 1 unspecified atom stereocenters. The molecule has 3 aromatic rings. The molecule has 0 fully saturated rings. The fraction of sp³-hybridized carbons (Fsp3) is 0.250. The summed E-state index contributed by atoms with van der Waals surface area (Å²) >= 11 is 6.15. The fourth-order valence-corrected chi connectivity index (χ4v) is 3.60. The maximum Gasteiger partial charge on any atom is 0.0828 e. The molecule has 0 radical (unpaired) electrons. The molecular formula is C20H19ClN2O. The number of aliphatic hydroxyl groups is 1. The summed E-state index contributed by atoms with van der Waals surface area (Å²) in [4.78, 5) is 4.76. The molecule has 1 heterocycles. The lowest BCUT2D eigenvalue weighted by Crippen LogP contribution is -2.15. The van der Waals surface area contributed by atoms with Gasteiger partial charge in [0.05, 0.1) is 17.3 Å². The van der Waals surface area contributed by atoms with Gasteiger partial charge in [-0.3, -0.25) is 4.98 Å². The van der Waals surface area contributed by atoms with Crippen LogP contribution in [0.4, 0.5) is 5.69 Å². The molecule has 0 amide bonds. The van der Waals surface area contributed by atoms with Crippen LogP contribution in [0.5, 0.6) is 0 Å². The van der Waals surface area contributed by atoms with Crippen molar-refractivity contribution in [2.75, 3.05) is 5.32 Å². The van der Waals surface area contributed by atoms with Crippen LogP contribution in [0.2, 0.25) is 5.02 Å². The SMILES string of the molecule is OC1CCCc2nc3cc(Cl)ccc3c(NCc3ccccc3)c21. The minimum atomic E-state index is -0.459. The van der Waals surface area contributed by atoms with Gasteiger partial charge in [-0.2, -0.15) is 0 Å². The molecule has 1 aromatic heterocycles. The number of hydrogen-bond donors (Lipinski definition) is 2. The third-order valence-electron chi connectivity index (χ3n) is 4.60. The van der Waals surface area contributed by atoms with E-state index in [-0.39, 0.29) is 0 Å². The minimum absolute atomic E-state index is 0.459. The van der Waals surface area contributed by atoms with Crippen molar-refractivity contribution >= 4 is 28.2 Å². The Hall–Kier alpha value is -2.10. The molecule has 1 atom stereocenters. The molecule has 0 bridgehead atoms. The first-order chi connectivity index (χ1) is 11.7. The monoisotopic (exact) mass is 338 g/mol. The minimum Gasteiger partial charge on any atom is -0.388 e.